The molecule has 1 saturated heterocycles. The third-order valence-electron chi connectivity index (χ3n) is 5.56. The molecule has 0 aliphatic carbocycles. The van der Waals surface area contributed by atoms with Gasteiger partial charge in [-0.3, -0.25) is 4.79 Å². The number of ether oxygens (including phenoxy) is 2. The van der Waals surface area contributed by atoms with E-state index in [-0.39, 0.29) is 17.6 Å². The minimum absolute atomic E-state index is 0.0219. The minimum atomic E-state index is -3.21. The van der Waals surface area contributed by atoms with Gasteiger partial charge in [0.2, 0.25) is 15.9 Å². The summed E-state index contributed by atoms with van der Waals surface area (Å²) in [5.74, 6) is 1.24. The third kappa shape index (κ3) is 4.48. The fourth-order valence-electron chi connectivity index (χ4n) is 3.84. The van der Waals surface area contributed by atoms with Crippen LogP contribution in [0.1, 0.15) is 24.6 Å². The Kier molecular flexibility index (Phi) is 6.31. The fourth-order valence-corrected chi connectivity index (χ4v) is 5.66. The Labute approximate surface area is 181 Å². The second-order valence-corrected chi connectivity index (χ2v) is 10.7. The first-order chi connectivity index (χ1) is 14.5. The van der Waals surface area contributed by atoms with E-state index < -0.39 is 10.0 Å². The molecule has 0 saturated carbocycles. The molecular weight excluding hydrogens is 424 g/mol. The summed E-state index contributed by atoms with van der Waals surface area (Å²) in [5.41, 5.74) is 0.765. The summed E-state index contributed by atoms with van der Waals surface area (Å²) in [7, 11) is -3.21. The van der Waals surface area contributed by atoms with Crippen LogP contribution in [0.15, 0.2) is 35.7 Å². The third-order valence-corrected chi connectivity index (χ3v) is 8.30. The van der Waals surface area contributed by atoms with Gasteiger partial charge in [0.25, 0.3) is 0 Å². The summed E-state index contributed by atoms with van der Waals surface area (Å²) < 4.78 is 37.1. The molecule has 1 aromatic heterocycles. The molecule has 0 atom stereocenters. The molecule has 3 heterocycles. The largest absolute Gasteiger partial charge is 0.486 e. The summed E-state index contributed by atoms with van der Waals surface area (Å²) in [5, 5.41) is 2.00. The SMILES string of the molecule is CCS(=O)(=O)N1CCC(C(=O)N(Cc2cccs2)c2ccc3c(c2)OCCO3)CC1. The van der Waals surface area contributed by atoms with Crippen molar-refractivity contribution in [2.24, 2.45) is 5.92 Å². The molecule has 2 aromatic rings. The van der Waals surface area contributed by atoms with Gasteiger partial charge < -0.3 is 14.4 Å². The van der Waals surface area contributed by atoms with Crippen LogP contribution in [0.4, 0.5) is 5.69 Å². The van der Waals surface area contributed by atoms with Crippen LogP contribution in [-0.2, 0) is 21.4 Å². The number of hydrogen-bond acceptors (Lipinski definition) is 6. The van der Waals surface area contributed by atoms with E-state index in [0.717, 1.165) is 10.6 Å². The predicted octanol–water partition coefficient (Wildman–Crippen LogP) is 3.11. The van der Waals surface area contributed by atoms with E-state index >= 15 is 0 Å². The molecule has 0 bridgehead atoms. The number of piperidine rings is 1. The first kappa shape index (κ1) is 21.1. The Morgan fingerprint density at radius 3 is 2.57 bits per heavy atom. The van der Waals surface area contributed by atoms with Crippen LogP contribution in [0, 0.1) is 5.92 Å². The van der Waals surface area contributed by atoms with Crippen molar-refractivity contribution in [2.45, 2.75) is 26.3 Å². The zero-order valence-corrected chi connectivity index (χ0v) is 18.6. The molecule has 1 aromatic carbocycles. The van der Waals surface area contributed by atoms with E-state index in [2.05, 4.69) is 0 Å². The van der Waals surface area contributed by atoms with Gasteiger partial charge in [-0.25, -0.2) is 12.7 Å². The second-order valence-electron chi connectivity index (χ2n) is 7.41. The molecular formula is C21H26N2O5S2. The Hall–Kier alpha value is -2.10. The molecule has 162 valence electrons. The number of carbonyl (C=O) groups is 1. The molecule has 4 rings (SSSR count). The lowest BCUT2D eigenvalue weighted by molar-refractivity contribution is -0.123. The number of thiophene rings is 1. The lowest BCUT2D eigenvalue weighted by Gasteiger charge is -2.33. The number of sulfonamides is 1. The van der Waals surface area contributed by atoms with Crippen LogP contribution in [0.3, 0.4) is 0 Å². The van der Waals surface area contributed by atoms with Crippen LogP contribution < -0.4 is 14.4 Å². The van der Waals surface area contributed by atoms with Crippen LogP contribution in [0.5, 0.6) is 11.5 Å². The number of benzene rings is 1. The second kappa shape index (κ2) is 8.95. The average Bonchev–Trinajstić information content (AvgIpc) is 3.30. The van der Waals surface area contributed by atoms with Crippen LogP contribution >= 0.6 is 11.3 Å². The normalized spacial score (nSPS) is 17.6. The lowest BCUT2D eigenvalue weighted by Crippen LogP contribution is -2.44. The van der Waals surface area contributed by atoms with Gasteiger partial charge in [-0.1, -0.05) is 6.07 Å². The smallest absolute Gasteiger partial charge is 0.230 e. The molecule has 0 unspecified atom stereocenters. The van der Waals surface area contributed by atoms with Gasteiger partial charge in [0.05, 0.1) is 12.3 Å². The Morgan fingerprint density at radius 2 is 1.90 bits per heavy atom. The van der Waals surface area contributed by atoms with Crippen molar-refractivity contribution in [1.82, 2.24) is 4.31 Å². The van der Waals surface area contributed by atoms with Crippen LogP contribution in [0.25, 0.3) is 0 Å². The van der Waals surface area contributed by atoms with Gasteiger partial charge in [-0.05, 0) is 43.3 Å². The van der Waals surface area contributed by atoms with Gasteiger partial charge in [-0.2, -0.15) is 0 Å². The average molecular weight is 451 g/mol. The highest BCUT2D eigenvalue weighted by Gasteiger charge is 2.33. The maximum absolute atomic E-state index is 13.5. The Balaban J connectivity index is 1.55. The molecule has 2 aliphatic rings. The number of fused-ring (bicyclic) bond motifs is 1. The van der Waals surface area contributed by atoms with E-state index in [9.17, 15) is 13.2 Å². The number of carbonyl (C=O) groups excluding carboxylic acids is 1. The topological polar surface area (TPSA) is 76.2 Å². The van der Waals surface area contributed by atoms with Crippen LogP contribution in [0.2, 0.25) is 0 Å². The summed E-state index contributed by atoms with van der Waals surface area (Å²) in [6.45, 7) is 3.91. The molecule has 9 heteroatoms. The standard InChI is InChI=1S/C21H26N2O5S2/c1-2-30(25,26)22-9-7-16(8-10-22)21(24)23(15-18-4-3-13-29-18)17-5-6-19-20(14-17)28-12-11-27-19/h3-6,13-14,16H,2,7-12,15H2,1H3. The van der Waals surface area contributed by atoms with Gasteiger partial charge >= 0.3 is 0 Å². The molecule has 30 heavy (non-hydrogen) atoms. The van der Waals surface area contributed by atoms with E-state index in [4.69, 9.17) is 9.47 Å². The fraction of sp³-hybridized carbons (Fsp3) is 0.476. The summed E-state index contributed by atoms with van der Waals surface area (Å²) in [6.07, 6.45) is 1.06. The molecule has 1 fully saturated rings. The first-order valence-corrected chi connectivity index (χ1v) is 12.7. The van der Waals surface area contributed by atoms with Crippen molar-refractivity contribution in [3.05, 3.63) is 40.6 Å². The first-order valence-electron chi connectivity index (χ1n) is 10.2. The highest BCUT2D eigenvalue weighted by atomic mass is 32.2. The predicted molar refractivity (Wildman–Crippen MR) is 117 cm³/mol. The minimum Gasteiger partial charge on any atom is -0.486 e. The molecule has 2 aliphatic heterocycles. The van der Waals surface area contributed by atoms with Gasteiger partial charge in [0.15, 0.2) is 11.5 Å². The maximum Gasteiger partial charge on any atom is 0.230 e. The molecule has 0 N–H and O–H groups in total. The zero-order chi connectivity index (χ0) is 21.1. The number of anilines is 1. The van der Waals surface area contributed by atoms with Crippen LogP contribution in [-0.4, -0.2) is 50.7 Å². The number of rotatable bonds is 6. The Bertz CT molecular complexity index is 983. The highest BCUT2D eigenvalue weighted by Crippen LogP contribution is 2.36. The number of nitrogens with zero attached hydrogens (tertiary/aromatic N) is 2. The summed E-state index contributed by atoms with van der Waals surface area (Å²) in [4.78, 5) is 16.4. The van der Waals surface area contributed by atoms with E-state index in [1.165, 1.54) is 4.31 Å². The summed E-state index contributed by atoms with van der Waals surface area (Å²) >= 11 is 1.61. The van der Waals surface area contributed by atoms with Crippen molar-refractivity contribution < 1.29 is 22.7 Å². The Morgan fingerprint density at radius 1 is 1.17 bits per heavy atom. The van der Waals surface area contributed by atoms with Crippen molar-refractivity contribution >= 4 is 33.0 Å². The highest BCUT2D eigenvalue weighted by molar-refractivity contribution is 7.89. The van der Waals surface area contributed by atoms with E-state index in [0.29, 0.717) is 57.2 Å². The van der Waals surface area contributed by atoms with Crippen molar-refractivity contribution in [3.63, 3.8) is 0 Å². The number of amides is 1. The van der Waals surface area contributed by atoms with E-state index in [1.54, 1.807) is 23.2 Å². The van der Waals surface area contributed by atoms with E-state index in [1.807, 2.05) is 35.7 Å². The molecule has 7 nitrogen and oxygen atoms in total. The molecule has 0 spiro atoms. The van der Waals surface area contributed by atoms with Crippen molar-refractivity contribution in [3.8, 4) is 11.5 Å². The van der Waals surface area contributed by atoms with Gasteiger partial charge in [0, 0.05) is 35.6 Å². The summed E-state index contributed by atoms with van der Waals surface area (Å²) in [6, 6.07) is 9.57. The van der Waals surface area contributed by atoms with Gasteiger partial charge in [-0.15, -0.1) is 11.3 Å². The monoisotopic (exact) mass is 450 g/mol. The van der Waals surface area contributed by atoms with Gasteiger partial charge in [0.1, 0.15) is 13.2 Å². The maximum atomic E-state index is 13.5. The van der Waals surface area contributed by atoms with Crippen molar-refractivity contribution in [1.29, 1.82) is 0 Å². The lowest BCUT2D eigenvalue weighted by atomic mass is 9.96. The molecule has 1 amide bonds. The zero-order valence-electron chi connectivity index (χ0n) is 17.0. The quantitative estimate of drug-likeness (QED) is 0.676. The molecule has 0 radical (unpaired) electrons. The number of hydrogen-bond donors (Lipinski definition) is 0. The van der Waals surface area contributed by atoms with Crippen molar-refractivity contribution in [2.75, 3.05) is 37.0 Å².